The van der Waals surface area contributed by atoms with E-state index in [1.165, 1.54) is 11.8 Å². The van der Waals surface area contributed by atoms with Crippen molar-refractivity contribution in [3.05, 3.63) is 29.2 Å². The van der Waals surface area contributed by atoms with Crippen LogP contribution < -0.4 is 5.32 Å². The Labute approximate surface area is 138 Å². The molecule has 23 heavy (non-hydrogen) atoms. The zero-order valence-electron chi connectivity index (χ0n) is 13.1. The molecule has 1 atom stereocenters. The fourth-order valence-electron chi connectivity index (χ4n) is 3.34. The van der Waals surface area contributed by atoms with Crippen molar-refractivity contribution in [3.63, 3.8) is 0 Å². The van der Waals surface area contributed by atoms with Crippen LogP contribution in [-0.2, 0) is 11.3 Å². The first-order valence-corrected chi connectivity index (χ1v) is 9.01. The maximum absolute atomic E-state index is 12.6. The number of rotatable bonds is 3. The fourth-order valence-corrected chi connectivity index (χ4v) is 3.68. The van der Waals surface area contributed by atoms with Gasteiger partial charge in [0.1, 0.15) is 6.04 Å². The van der Waals surface area contributed by atoms with Crippen LogP contribution in [0.1, 0.15) is 37.9 Å². The number of nitrogens with zero attached hydrogens (tertiary/aromatic N) is 5. The molecule has 120 valence electrons. The largest absolute Gasteiger partial charge is 0.328 e. The minimum absolute atomic E-state index is 0.194. The number of aromatic nitrogens is 5. The summed E-state index contributed by atoms with van der Waals surface area (Å²) in [5, 5.41) is 13.0. The summed E-state index contributed by atoms with van der Waals surface area (Å²) in [6, 6.07) is 1.72. The Morgan fingerprint density at radius 2 is 2.30 bits per heavy atom. The number of carbonyl (C=O) groups excluding carboxylic acids is 1. The average molecular weight is 330 g/mol. The number of hydrogen-bond acceptors (Lipinski definition) is 6. The van der Waals surface area contributed by atoms with Gasteiger partial charge in [0.15, 0.2) is 5.78 Å². The summed E-state index contributed by atoms with van der Waals surface area (Å²) in [6.07, 6.45) is 6.08. The van der Waals surface area contributed by atoms with Gasteiger partial charge in [0.05, 0.1) is 5.69 Å². The third-order valence-electron chi connectivity index (χ3n) is 4.36. The van der Waals surface area contributed by atoms with Gasteiger partial charge in [-0.05, 0) is 32.1 Å². The molecule has 0 radical (unpaired) electrons. The first-order valence-electron chi connectivity index (χ1n) is 7.78. The Balaban J connectivity index is 1.93. The maximum Gasteiger partial charge on any atom is 0.227 e. The highest BCUT2D eigenvalue weighted by Crippen LogP contribution is 2.40. The number of aryl methyl sites for hydroxylation is 1. The number of Topliss-reactive ketones (excluding diaryl/α,β-unsaturated/α-hetero) is 1. The summed E-state index contributed by atoms with van der Waals surface area (Å²) in [5.74, 6) is 0.899. The monoisotopic (exact) mass is 330 g/mol. The second-order valence-corrected chi connectivity index (χ2v) is 6.41. The van der Waals surface area contributed by atoms with E-state index >= 15 is 0 Å². The number of carbonyl (C=O) groups is 1. The van der Waals surface area contributed by atoms with E-state index in [0.717, 1.165) is 36.4 Å². The molecule has 1 aliphatic carbocycles. The molecular formula is C15H18N6OS. The quantitative estimate of drug-likeness (QED) is 0.870. The molecule has 0 amide bonds. The summed E-state index contributed by atoms with van der Waals surface area (Å²) in [4.78, 5) is 17.2. The molecule has 2 aliphatic rings. The van der Waals surface area contributed by atoms with Gasteiger partial charge in [-0.15, -0.1) is 5.10 Å². The topological polar surface area (TPSA) is 77.6 Å². The van der Waals surface area contributed by atoms with Crippen LogP contribution in [0.25, 0.3) is 0 Å². The number of thioether (sulfide) groups is 1. The molecule has 2 aromatic heterocycles. The van der Waals surface area contributed by atoms with Crippen LogP contribution in [0.3, 0.4) is 0 Å². The molecule has 0 bridgehead atoms. The van der Waals surface area contributed by atoms with Crippen LogP contribution >= 0.6 is 11.8 Å². The molecule has 0 aromatic carbocycles. The highest BCUT2D eigenvalue weighted by Gasteiger charge is 2.38. The number of anilines is 1. The standard InChI is InChI=1S/C15H18N6OS/c1-3-20-10(7-8-16-20)13-12-9(5-4-6-11(12)22)17-14-18-15(23-2)19-21(13)14/h7-8,13H,3-6H2,1-2H3,(H,17,18,19)/t13-/m0/s1. The summed E-state index contributed by atoms with van der Waals surface area (Å²) < 4.78 is 3.75. The minimum atomic E-state index is -0.245. The summed E-state index contributed by atoms with van der Waals surface area (Å²) in [5.41, 5.74) is 2.79. The molecule has 0 saturated carbocycles. The van der Waals surface area contributed by atoms with Gasteiger partial charge in [-0.25, -0.2) is 4.68 Å². The van der Waals surface area contributed by atoms with Crippen molar-refractivity contribution in [2.75, 3.05) is 11.6 Å². The van der Waals surface area contributed by atoms with Crippen LogP contribution in [0.15, 0.2) is 28.7 Å². The van der Waals surface area contributed by atoms with Gasteiger partial charge >= 0.3 is 0 Å². The maximum atomic E-state index is 12.6. The summed E-state index contributed by atoms with van der Waals surface area (Å²) in [6.45, 7) is 2.80. The van der Waals surface area contributed by atoms with Crippen molar-refractivity contribution < 1.29 is 4.79 Å². The van der Waals surface area contributed by atoms with Crippen LogP contribution in [0.5, 0.6) is 0 Å². The molecule has 0 fully saturated rings. The molecule has 1 aliphatic heterocycles. The molecule has 0 unspecified atom stereocenters. The van der Waals surface area contributed by atoms with Gasteiger partial charge in [-0.3, -0.25) is 9.48 Å². The fraction of sp³-hybridized carbons (Fsp3) is 0.467. The summed E-state index contributed by atoms with van der Waals surface area (Å²) >= 11 is 1.50. The predicted octanol–water partition coefficient (Wildman–Crippen LogP) is 2.24. The van der Waals surface area contributed by atoms with Crippen LogP contribution in [0.4, 0.5) is 5.95 Å². The Hall–Kier alpha value is -2.09. The van der Waals surface area contributed by atoms with Gasteiger partial charge < -0.3 is 5.32 Å². The molecule has 0 saturated heterocycles. The molecule has 8 heteroatoms. The normalized spacial score (nSPS) is 20.3. The smallest absolute Gasteiger partial charge is 0.227 e. The van der Waals surface area contributed by atoms with E-state index in [9.17, 15) is 4.79 Å². The molecule has 3 heterocycles. The molecule has 7 nitrogen and oxygen atoms in total. The summed E-state index contributed by atoms with van der Waals surface area (Å²) in [7, 11) is 0. The van der Waals surface area contributed by atoms with E-state index < -0.39 is 0 Å². The predicted molar refractivity (Wildman–Crippen MR) is 87.3 cm³/mol. The highest BCUT2D eigenvalue weighted by atomic mass is 32.2. The van der Waals surface area contributed by atoms with Gasteiger partial charge in [-0.1, -0.05) is 11.8 Å². The van der Waals surface area contributed by atoms with Gasteiger partial charge in [-0.2, -0.15) is 10.1 Å². The van der Waals surface area contributed by atoms with Crippen LogP contribution in [0, 0.1) is 0 Å². The Kier molecular flexibility index (Phi) is 3.48. The van der Waals surface area contributed by atoms with Crippen molar-refractivity contribution in [1.29, 1.82) is 0 Å². The molecule has 1 N–H and O–H groups in total. The molecule has 2 aromatic rings. The van der Waals surface area contributed by atoms with Crippen LogP contribution in [0.2, 0.25) is 0 Å². The lowest BCUT2D eigenvalue weighted by Gasteiger charge is -2.32. The zero-order valence-corrected chi connectivity index (χ0v) is 13.9. The number of allylic oxidation sites excluding steroid dienone is 2. The molecule has 0 spiro atoms. The van der Waals surface area contributed by atoms with Crippen molar-refractivity contribution in [1.82, 2.24) is 24.5 Å². The van der Waals surface area contributed by atoms with E-state index in [1.807, 2.05) is 28.6 Å². The number of hydrogen-bond donors (Lipinski definition) is 1. The zero-order chi connectivity index (χ0) is 16.0. The third kappa shape index (κ3) is 2.20. The molecule has 4 rings (SSSR count). The van der Waals surface area contributed by atoms with E-state index in [-0.39, 0.29) is 11.8 Å². The van der Waals surface area contributed by atoms with Crippen molar-refractivity contribution >= 4 is 23.5 Å². The van der Waals surface area contributed by atoms with Crippen molar-refractivity contribution in [2.24, 2.45) is 0 Å². The van der Waals surface area contributed by atoms with Gasteiger partial charge in [0.2, 0.25) is 11.1 Å². The lowest BCUT2D eigenvalue weighted by molar-refractivity contribution is -0.116. The molecular weight excluding hydrogens is 312 g/mol. The van der Waals surface area contributed by atoms with Crippen LogP contribution in [-0.4, -0.2) is 36.6 Å². The second-order valence-electron chi connectivity index (χ2n) is 5.64. The third-order valence-corrected chi connectivity index (χ3v) is 4.90. The van der Waals surface area contributed by atoms with E-state index in [0.29, 0.717) is 17.5 Å². The number of ketones is 1. The first-order chi connectivity index (χ1) is 11.2. The Bertz CT molecular complexity index is 805. The van der Waals surface area contributed by atoms with E-state index in [1.54, 1.807) is 6.20 Å². The Morgan fingerprint density at radius 1 is 1.43 bits per heavy atom. The number of nitrogens with one attached hydrogen (secondary N) is 1. The van der Waals surface area contributed by atoms with Crippen molar-refractivity contribution in [3.8, 4) is 0 Å². The highest BCUT2D eigenvalue weighted by molar-refractivity contribution is 7.98. The second kappa shape index (κ2) is 5.52. The average Bonchev–Trinajstić information content (AvgIpc) is 3.18. The van der Waals surface area contributed by atoms with Crippen molar-refractivity contribution in [2.45, 2.75) is 43.9 Å². The van der Waals surface area contributed by atoms with E-state index in [4.69, 9.17) is 0 Å². The van der Waals surface area contributed by atoms with E-state index in [2.05, 4.69) is 20.5 Å². The lowest BCUT2D eigenvalue weighted by Crippen LogP contribution is -2.32. The SMILES string of the molecule is CCn1nccc1[C@H]1C2=C(CCCC2=O)Nc2nc(SC)nn21. The number of fused-ring (bicyclic) bond motifs is 1. The van der Waals surface area contributed by atoms with Gasteiger partial charge in [0.25, 0.3) is 0 Å². The van der Waals surface area contributed by atoms with Gasteiger partial charge in [0, 0.05) is 30.4 Å². The Morgan fingerprint density at radius 3 is 3.09 bits per heavy atom. The first kappa shape index (κ1) is 14.5. The minimum Gasteiger partial charge on any atom is -0.328 e. The lowest BCUT2D eigenvalue weighted by atomic mass is 9.87.